The highest BCUT2D eigenvalue weighted by molar-refractivity contribution is 9.10. The Bertz CT molecular complexity index is 330. The van der Waals surface area contributed by atoms with E-state index in [4.69, 9.17) is 17.3 Å². The molecule has 1 unspecified atom stereocenters. The summed E-state index contributed by atoms with van der Waals surface area (Å²) in [4.78, 5) is 0. The molecule has 0 saturated heterocycles. The van der Waals surface area contributed by atoms with Gasteiger partial charge in [-0.15, -0.1) is 0 Å². The minimum absolute atomic E-state index is 0.157. The second-order valence-corrected chi connectivity index (χ2v) is 4.51. The van der Waals surface area contributed by atoms with E-state index in [1.807, 2.05) is 0 Å². The summed E-state index contributed by atoms with van der Waals surface area (Å²) in [7, 11) is 0. The molecule has 4 heteroatoms. The van der Waals surface area contributed by atoms with E-state index in [1.165, 1.54) is 0 Å². The fourth-order valence-corrected chi connectivity index (χ4v) is 2.17. The fourth-order valence-electron chi connectivity index (χ4n) is 1.34. The zero-order valence-electron chi connectivity index (χ0n) is 7.93. The van der Waals surface area contributed by atoms with Crippen molar-refractivity contribution < 1.29 is 5.11 Å². The van der Waals surface area contributed by atoms with E-state index in [-0.39, 0.29) is 11.8 Å². The Labute approximate surface area is 97.2 Å². The fraction of sp³-hybridized carbons (Fsp3) is 0.400. The SMILES string of the molecule is CCCC(N)c1cc(Cl)cc(Br)c1O. The van der Waals surface area contributed by atoms with E-state index in [2.05, 4.69) is 22.9 Å². The molecule has 2 nitrogen and oxygen atoms in total. The number of rotatable bonds is 3. The Morgan fingerprint density at radius 3 is 2.79 bits per heavy atom. The summed E-state index contributed by atoms with van der Waals surface area (Å²) < 4.78 is 0.589. The average Bonchev–Trinajstić information content (AvgIpc) is 2.11. The zero-order valence-corrected chi connectivity index (χ0v) is 10.3. The topological polar surface area (TPSA) is 46.2 Å². The smallest absolute Gasteiger partial charge is 0.134 e. The molecule has 0 radical (unpaired) electrons. The molecule has 3 N–H and O–H groups in total. The molecule has 1 rings (SSSR count). The first-order chi connectivity index (χ1) is 6.56. The molecule has 0 saturated carbocycles. The van der Waals surface area contributed by atoms with Crippen LogP contribution in [0.4, 0.5) is 0 Å². The van der Waals surface area contributed by atoms with Crippen LogP contribution in [0.25, 0.3) is 0 Å². The van der Waals surface area contributed by atoms with Gasteiger partial charge in [0.2, 0.25) is 0 Å². The number of aromatic hydroxyl groups is 1. The van der Waals surface area contributed by atoms with Crippen molar-refractivity contribution in [3.8, 4) is 5.75 Å². The van der Waals surface area contributed by atoms with Crippen LogP contribution in [0, 0.1) is 0 Å². The van der Waals surface area contributed by atoms with Gasteiger partial charge < -0.3 is 10.8 Å². The molecule has 0 heterocycles. The minimum atomic E-state index is -0.157. The van der Waals surface area contributed by atoms with Crippen LogP contribution in [0.2, 0.25) is 5.02 Å². The lowest BCUT2D eigenvalue weighted by molar-refractivity contribution is 0.454. The van der Waals surface area contributed by atoms with Crippen LogP contribution in [0.3, 0.4) is 0 Å². The van der Waals surface area contributed by atoms with Gasteiger partial charge in [-0.05, 0) is 34.5 Å². The standard InChI is InChI=1S/C10H13BrClNO/c1-2-3-9(13)7-4-6(12)5-8(11)10(7)14/h4-5,9,14H,2-3,13H2,1H3. The van der Waals surface area contributed by atoms with E-state index in [0.717, 1.165) is 12.8 Å². The van der Waals surface area contributed by atoms with Gasteiger partial charge in [-0.3, -0.25) is 0 Å². The molecule has 0 aliphatic carbocycles. The zero-order chi connectivity index (χ0) is 10.7. The number of benzene rings is 1. The van der Waals surface area contributed by atoms with Gasteiger partial charge in [0.1, 0.15) is 5.75 Å². The van der Waals surface area contributed by atoms with E-state index in [9.17, 15) is 5.11 Å². The molecule has 0 aliphatic heterocycles. The van der Waals surface area contributed by atoms with Gasteiger partial charge in [-0.2, -0.15) is 0 Å². The first kappa shape index (κ1) is 11.8. The summed E-state index contributed by atoms with van der Waals surface area (Å²) in [5.74, 6) is 0.190. The third-order valence-electron chi connectivity index (χ3n) is 2.06. The van der Waals surface area contributed by atoms with Crippen LogP contribution in [0.1, 0.15) is 31.4 Å². The van der Waals surface area contributed by atoms with Gasteiger partial charge in [0.25, 0.3) is 0 Å². The van der Waals surface area contributed by atoms with Crippen LogP contribution in [-0.4, -0.2) is 5.11 Å². The quantitative estimate of drug-likeness (QED) is 0.887. The predicted octanol–water partition coefficient (Wildman–Crippen LogP) is 3.61. The molecule has 0 amide bonds. The van der Waals surface area contributed by atoms with E-state index in [1.54, 1.807) is 12.1 Å². The van der Waals surface area contributed by atoms with Crippen molar-refractivity contribution >= 4 is 27.5 Å². The summed E-state index contributed by atoms with van der Waals surface area (Å²) in [5, 5.41) is 10.3. The van der Waals surface area contributed by atoms with Gasteiger partial charge in [0.05, 0.1) is 4.47 Å². The lowest BCUT2D eigenvalue weighted by Crippen LogP contribution is -2.10. The van der Waals surface area contributed by atoms with Gasteiger partial charge >= 0.3 is 0 Å². The molecule has 78 valence electrons. The van der Waals surface area contributed by atoms with E-state index >= 15 is 0 Å². The number of halogens is 2. The molecule has 14 heavy (non-hydrogen) atoms. The average molecular weight is 279 g/mol. The van der Waals surface area contributed by atoms with Crippen molar-refractivity contribution in [1.29, 1.82) is 0 Å². The highest BCUT2D eigenvalue weighted by Crippen LogP contribution is 2.35. The summed E-state index contributed by atoms with van der Waals surface area (Å²) in [6, 6.07) is 3.20. The third-order valence-corrected chi connectivity index (χ3v) is 2.88. The van der Waals surface area contributed by atoms with Crippen LogP contribution >= 0.6 is 27.5 Å². The molecular weight excluding hydrogens is 265 g/mol. The molecule has 0 bridgehead atoms. The molecular formula is C10H13BrClNO. The Kier molecular flexibility index (Phi) is 4.23. The lowest BCUT2D eigenvalue weighted by Gasteiger charge is -2.14. The molecule has 0 aliphatic rings. The summed E-state index contributed by atoms with van der Waals surface area (Å²) >= 11 is 9.10. The van der Waals surface area contributed by atoms with E-state index in [0.29, 0.717) is 15.1 Å². The molecule has 0 spiro atoms. The highest BCUT2D eigenvalue weighted by Gasteiger charge is 2.13. The van der Waals surface area contributed by atoms with Crippen molar-refractivity contribution in [2.24, 2.45) is 5.73 Å². The normalized spacial score (nSPS) is 12.9. The van der Waals surface area contributed by atoms with Crippen LogP contribution in [0.5, 0.6) is 5.75 Å². The number of hydrogen-bond donors (Lipinski definition) is 2. The lowest BCUT2D eigenvalue weighted by atomic mass is 10.0. The third kappa shape index (κ3) is 2.62. The van der Waals surface area contributed by atoms with Gasteiger partial charge in [-0.25, -0.2) is 0 Å². The summed E-state index contributed by atoms with van der Waals surface area (Å²) in [6.45, 7) is 2.05. The largest absolute Gasteiger partial charge is 0.506 e. The number of phenolic OH excluding ortho intramolecular Hbond substituents is 1. The molecule has 1 atom stereocenters. The first-order valence-electron chi connectivity index (χ1n) is 4.49. The summed E-state index contributed by atoms with van der Waals surface area (Å²) in [5.41, 5.74) is 6.60. The number of nitrogens with two attached hydrogens (primary N) is 1. The van der Waals surface area contributed by atoms with Gasteiger partial charge in [0, 0.05) is 16.6 Å². The van der Waals surface area contributed by atoms with Crippen molar-refractivity contribution in [3.05, 3.63) is 27.2 Å². The maximum Gasteiger partial charge on any atom is 0.134 e. The van der Waals surface area contributed by atoms with Crippen molar-refractivity contribution in [3.63, 3.8) is 0 Å². The van der Waals surface area contributed by atoms with Crippen LogP contribution in [-0.2, 0) is 0 Å². The van der Waals surface area contributed by atoms with Crippen LogP contribution < -0.4 is 5.73 Å². The monoisotopic (exact) mass is 277 g/mol. The number of phenols is 1. The Balaban J connectivity index is 3.07. The Morgan fingerprint density at radius 2 is 2.21 bits per heavy atom. The Hall–Kier alpha value is -0.250. The maximum absolute atomic E-state index is 9.73. The van der Waals surface area contributed by atoms with Crippen molar-refractivity contribution in [2.75, 3.05) is 0 Å². The molecule has 1 aromatic carbocycles. The molecule has 0 aromatic heterocycles. The molecule has 1 aromatic rings. The first-order valence-corrected chi connectivity index (χ1v) is 5.66. The van der Waals surface area contributed by atoms with Crippen LogP contribution in [0.15, 0.2) is 16.6 Å². The van der Waals surface area contributed by atoms with Gasteiger partial charge in [0.15, 0.2) is 0 Å². The van der Waals surface area contributed by atoms with Crippen molar-refractivity contribution in [1.82, 2.24) is 0 Å². The minimum Gasteiger partial charge on any atom is -0.506 e. The predicted molar refractivity (Wildman–Crippen MR) is 62.7 cm³/mol. The summed E-state index contributed by atoms with van der Waals surface area (Å²) in [6.07, 6.45) is 1.81. The second-order valence-electron chi connectivity index (χ2n) is 3.22. The maximum atomic E-state index is 9.73. The van der Waals surface area contributed by atoms with E-state index < -0.39 is 0 Å². The highest BCUT2D eigenvalue weighted by atomic mass is 79.9. The second kappa shape index (κ2) is 5.01. The molecule has 0 fully saturated rings. The van der Waals surface area contributed by atoms with Gasteiger partial charge in [-0.1, -0.05) is 24.9 Å². The Morgan fingerprint density at radius 1 is 1.57 bits per heavy atom. The van der Waals surface area contributed by atoms with Crippen molar-refractivity contribution in [2.45, 2.75) is 25.8 Å². The number of hydrogen-bond acceptors (Lipinski definition) is 2.